The fraction of sp³-hybridized carbons (Fsp3) is 0.0556. The Hall–Kier alpha value is -2.11. The SMILES string of the molecule is O=C(CSc1ccccc1F)Nc1ccccc1-c1cccs1. The molecule has 23 heavy (non-hydrogen) atoms. The summed E-state index contributed by atoms with van der Waals surface area (Å²) in [5, 5.41) is 4.91. The first-order valence-corrected chi connectivity index (χ1v) is 8.90. The Bertz CT molecular complexity index is 802. The number of hydrogen-bond donors (Lipinski definition) is 1. The number of nitrogens with one attached hydrogen (secondary N) is 1. The lowest BCUT2D eigenvalue weighted by molar-refractivity contribution is -0.113. The molecule has 2 nitrogen and oxygen atoms in total. The average Bonchev–Trinajstić information content (AvgIpc) is 3.09. The maximum absolute atomic E-state index is 13.6. The predicted octanol–water partition coefficient (Wildman–Crippen LogP) is 5.29. The monoisotopic (exact) mass is 343 g/mol. The molecule has 1 aromatic heterocycles. The van der Waals surface area contributed by atoms with Crippen molar-refractivity contribution < 1.29 is 9.18 Å². The number of anilines is 1. The summed E-state index contributed by atoms with van der Waals surface area (Å²) in [6, 6.07) is 18.1. The molecule has 3 rings (SSSR count). The molecular weight excluding hydrogens is 329 g/mol. The molecular formula is C18H14FNOS2. The van der Waals surface area contributed by atoms with E-state index >= 15 is 0 Å². The van der Waals surface area contributed by atoms with Crippen LogP contribution in [-0.4, -0.2) is 11.7 Å². The van der Waals surface area contributed by atoms with E-state index in [1.807, 2.05) is 41.8 Å². The van der Waals surface area contributed by atoms with Gasteiger partial charge in [-0.25, -0.2) is 4.39 Å². The highest BCUT2D eigenvalue weighted by Crippen LogP contribution is 2.31. The van der Waals surface area contributed by atoms with Crippen LogP contribution in [0.4, 0.5) is 10.1 Å². The van der Waals surface area contributed by atoms with Gasteiger partial charge in [0.1, 0.15) is 5.82 Å². The molecule has 0 fully saturated rings. The van der Waals surface area contributed by atoms with E-state index < -0.39 is 0 Å². The van der Waals surface area contributed by atoms with Crippen LogP contribution in [0.2, 0.25) is 0 Å². The summed E-state index contributed by atoms with van der Waals surface area (Å²) in [4.78, 5) is 13.7. The topological polar surface area (TPSA) is 29.1 Å². The molecule has 0 saturated heterocycles. The van der Waals surface area contributed by atoms with Gasteiger partial charge in [-0.05, 0) is 29.6 Å². The zero-order chi connectivity index (χ0) is 16.1. The van der Waals surface area contributed by atoms with Gasteiger partial charge in [0.05, 0.1) is 5.75 Å². The van der Waals surface area contributed by atoms with Crippen LogP contribution >= 0.6 is 23.1 Å². The van der Waals surface area contributed by atoms with E-state index in [1.54, 1.807) is 29.5 Å². The first kappa shape index (κ1) is 15.8. The maximum atomic E-state index is 13.6. The van der Waals surface area contributed by atoms with Crippen LogP contribution in [0.3, 0.4) is 0 Å². The summed E-state index contributed by atoms with van der Waals surface area (Å²) in [6.07, 6.45) is 0. The Kier molecular flexibility index (Phi) is 5.10. The summed E-state index contributed by atoms with van der Waals surface area (Å²) in [6.45, 7) is 0. The highest BCUT2D eigenvalue weighted by atomic mass is 32.2. The molecule has 0 unspecified atom stereocenters. The van der Waals surface area contributed by atoms with Crippen LogP contribution in [0.15, 0.2) is 70.9 Å². The largest absolute Gasteiger partial charge is 0.325 e. The first-order valence-electron chi connectivity index (χ1n) is 7.04. The van der Waals surface area contributed by atoms with E-state index in [9.17, 15) is 9.18 Å². The van der Waals surface area contributed by atoms with Gasteiger partial charge in [-0.2, -0.15) is 0 Å². The molecule has 1 amide bonds. The van der Waals surface area contributed by atoms with Crippen LogP contribution in [-0.2, 0) is 4.79 Å². The fourth-order valence-electron chi connectivity index (χ4n) is 2.13. The van der Waals surface area contributed by atoms with E-state index in [0.29, 0.717) is 4.90 Å². The van der Waals surface area contributed by atoms with Crippen molar-refractivity contribution in [1.82, 2.24) is 0 Å². The molecule has 1 heterocycles. The smallest absolute Gasteiger partial charge is 0.234 e. The second kappa shape index (κ2) is 7.44. The fourth-order valence-corrected chi connectivity index (χ4v) is 3.64. The summed E-state index contributed by atoms with van der Waals surface area (Å²) in [5.74, 6) is -0.286. The van der Waals surface area contributed by atoms with Crippen molar-refractivity contribution in [3.8, 4) is 10.4 Å². The number of carbonyl (C=O) groups is 1. The predicted molar refractivity (Wildman–Crippen MR) is 95.5 cm³/mol. The van der Waals surface area contributed by atoms with Gasteiger partial charge in [-0.3, -0.25) is 4.79 Å². The Balaban J connectivity index is 1.68. The third kappa shape index (κ3) is 4.00. The quantitative estimate of drug-likeness (QED) is 0.638. The Morgan fingerprint density at radius 2 is 1.83 bits per heavy atom. The van der Waals surface area contributed by atoms with Gasteiger partial charge in [-0.15, -0.1) is 23.1 Å². The molecule has 0 radical (unpaired) electrons. The van der Waals surface area contributed by atoms with Crippen molar-refractivity contribution in [3.05, 3.63) is 71.9 Å². The second-order valence-electron chi connectivity index (χ2n) is 4.79. The highest BCUT2D eigenvalue weighted by Gasteiger charge is 2.10. The zero-order valence-electron chi connectivity index (χ0n) is 12.2. The van der Waals surface area contributed by atoms with Crippen molar-refractivity contribution in [1.29, 1.82) is 0 Å². The van der Waals surface area contributed by atoms with Crippen molar-refractivity contribution in [2.45, 2.75) is 4.90 Å². The molecule has 0 aliphatic carbocycles. The minimum absolute atomic E-state index is 0.151. The number of thiophene rings is 1. The van der Waals surface area contributed by atoms with E-state index in [0.717, 1.165) is 16.1 Å². The molecule has 0 aliphatic rings. The first-order chi connectivity index (χ1) is 11.2. The van der Waals surface area contributed by atoms with Gasteiger partial charge in [0, 0.05) is 21.0 Å². The van der Waals surface area contributed by atoms with E-state index in [1.165, 1.54) is 17.8 Å². The molecule has 0 atom stereocenters. The highest BCUT2D eigenvalue weighted by molar-refractivity contribution is 8.00. The Labute approximate surface area is 142 Å². The lowest BCUT2D eigenvalue weighted by atomic mass is 10.1. The van der Waals surface area contributed by atoms with Crippen LogP contribution < -0.4 is 5.32 Å². The summed E-state index contributed by atoms with van der Waals surface area (Å²) in [7, 11) is 0. The van der Waals surface area contributed by atoms with Gasteiger partial charge in [0.15, 0.2) is 0 Å². The second-order valence-corrected chi connectivity index (χ2v) is 6.76. The normalized spacial score (nSPS) is 10.5. The summed E-state index contributed by atoms with van der Waals surface area (Å²) < 4.78 is 13.6. The maximum Gasteiger partial charge on any atom is 0.234 e. The van der Waals surface area contributed by atoms with Crippen LogP contribution in [0.25, 0.3) is 10.4 Å². The van der Waals surface area contributed by atoms with Crippen LogP contribution in [0, 0.1) is 5.82 Å². The number of rotatable bonds is 5. The van der Waals surface area contributed by atoms with E-state index in [2.05, 4.69) is 5.32 Å². The van der Waals surface area contributed by atoms with Gasteiger partial charge in [0.2, 0.25) is 5.91 Å². The molecule has 5 heteroatoms. The lowest BCUT2D eigenvalue weighted by Gasteiger charge is -2.10. The molecule has 2 aromatic carbocycles. The van der Waals surface area contributed by atoms with Crippen molar-refractivity contribution >= 4 is 34.7 Å². The van der Waals surface area contributed by atoms with Gasteiger partial charge in [-0.1, -0.05) is 36.4 Å². The summed E-state index contributed by atoms with van der Waals surface area (Å²) >= 11 is 2.82. The number of amides is 1. The van der Waals surface area contributed by atoms with Crippen molar-refractivity contribution in [3.63, 3.8) is 0 Å². The van der Waals surface area contributed by atoms with Gasteiger partial charge < -0.3 is 5.32 Å². The number of hydrogen-bond acceptors (Lipinski definition) is 3. The average molecular weight is 343 g/mol. The Morgan fingerprint density at radius 1 is 1.04 bits per heavy atom. The van der Waals surface area contributed by atoms with E-state index in [4.69, 9.17) is 0 Å². The molecule has 116 valence electrons. The van der Waals surface area contributed by atoms with Crippen LogP contribution in [0.1, 0.15) is 0 Å². The van der Waals surface area contributed by atoms with E-state index in [-0.39, 0.29) is 17.5 Å². The van der Waals surface area contributed by atoms with Gasteiger partial charge >= 0.3 is 0 Å². The molecule has 0 spiro atoms. The third-order valence-corrected chi connectivity index (χ3v) is 5.13. The number of carbonyl (C=O) groups excluding carboxylic acids is 1. The molecule has 0 bridgehead atoms. The number of para-hydroxylation sites is 1. The minimum Gasteiger partial charge on any atom is -0.325 e. The van der Waals surface area contributed by atoms with Crippen molar-refractivity contribution in [2.75, 3.05) is 11.1 Å². The number of thioether (sulfide) groups is 1. The molecule has 1 N–H and O–H groups in total. The molecule has 3 aromatic rings. The summed E-state index contributed by atoms with van der Waals surface area (Å²) in [5.41, 5.74) is 1.76. The zero-order valence-corrected chi connectivity index (χ0v) is 13.8. The minimum atomic E-state index is -0.302. The third-order valence-electron chi connectivity index (χ3n) is 3.18. The van der Waals surface area contributed by atoms with Gasteiger partial charge in [0.25, 0.3) is 0 Å². The molecule has 0 aliphatic heterocycles. The number of benzene rings is 2. The Morgan fingerprint density at radius 3 is 2.61 bits per heavy atom. The molecule has 0 saturated carbocycles. The number of halogens is 1. The van der Waals surface area contributed by atoms with Crippen LogP contribution in [0.5, 0.6) is 0 Å². The standard InChI is InChI=1S/C18H14FNOS2/c19-14-7-2-4-9-17(14)23-12-18(21)20-15-8-3-1-6-13(15)16-10-5-11-22-16/h1-11H,12H2,(H,20,21). The lowest BCUT2D eigenvalue weighted by Crippen LogP contribution is -2.14. The van der Waals surface area contributed by atoms with Crippen molar-refractivity contribution in [2.24, 2.45) is 0 Å².